The van der Waals surface area contributed by atoms with Gasteiger partial charge in [0.25, 0.3) is 0 Å². The lowest BCUT2D eigenvalue weighted by Crippen LogP contribution is -2.63. The van der Waals surface area contributed by atoms with Gasteiger partial charge < -0.3 is 14.4 Å². The molecule has 0 aliphatic carbocycles. The van der Waals surface area contributed by atoms with Gasteiger partial charge in [-0.1, -0.05) is 13.3 Å². The van der Waals surface area contributed by atoms with Gasteiger partial charge in [0.05, 0.1) is 25.0 Å². The highest BCUT2D eigenvalue weighted by atomic mass is 16.3. The van der Waals surface area contributed by atoms with E-state index >= 15 is 0 Å². The maximum atomic E-state index is 12.0. The number of aliphatic hydroxyl groups is 1. The van der Waals surface area contributed by atoms with Crippen LogP contribution in [0, 0.1) is 0 Å². The monoisotopic (exact) mass is 266 g/mol. The first kappa shape index (κ1) is 14.1. The van der Waals surface area contributed by atoms with E-state index in [4.69, 9.17) is 4.42 Å². The van der Waals surface area contributed by atoms with Crippen molar-refractivity contribution >= 4 is 5.91 Å². The number of nitrogens with zero attached hydrogens (tertiary/aromatic N) is 2. The predicted molar refractivity (Wildman–Crippen MR) is 71.5 cm³/mol. The summed E-state index contributed by atoms with van der Waals surface area (Å²) in [6.07, 6.45) is 3.38. The molecule has 0 spiro atoms. The van der Waals surface area contributed by atoms with Crippen LogP contribution in [0.4, 0.5) is 0 Å². The van der Waals surface area contributed by atoms with Crippen molar-refractivity contribution in [2.45, 2.75) is 31.9 Å². The van der Waals surface area contributed by atoms with Gasteiger partial charge in [0.15, 0.2) is 0 Å². The Kier molecular flexibility index (Phi) is 4.27. The second kappa shape index (κ2) is 5.75. The number of hydrogen-bond acceptors (Lipinski definition) is 4. The number of carbonyl (C=O) groups is 1. The molecule has 0 bridgehead atoms. The fourth-order valence-corrected chi connectivity index (χ4v) is 2.56. The van der Waals surface area contributed by atoms with Crippen molar-refractivity contribution in [1.82, 2.24) is 9.80 Å². The van der Waals surface area contributed by atoms with Gasteiger partial charge in [-0.25, -0.2) is 0 Å². The maximum Gasteiger partial charge on any atom is 0.236 e. The Hall–Kier alpha value is -1.33. The summed E-state index contributed by atoms with van der Waals surface area (Å²) in [5, 5.41) is 10.1. The molecule has 2 heterocycles. The van der Waals surface area contributed by atoms with E-state index in [0.717, 1.165) is 18.6 Å². The molecule has 1 aliphatic rings. The number of furan rings is 1. The van der Waals surface area contributed by atoms with Gasteiger partial charge in [0.1, 0.15) is 5.76 Å². The number of β-amino-alcohol motifs (C(OH)–C–C–N with tert-alkyl or cyclic N) is 1. The maximum absolute atomic E-state index is 12.0. The Morgan fingerprint density at radius 1 is 1.58 bits per heavy atom. The van der Waals surface area contributed by atoms with Crippen molar-refractivity contribution in [2.24, 2.45) is 0 Å². The summed E-state index contributed by atoms with van der Waals surface area (Å²) in [5.41, 5.74) is -0.575. The lowest BCUT2D eigenvalue weighted by molar-refractivity contribution is -0.142. The van der Waals surface area contributed by atoms with Gasteiger partial charge in [-0.3, -0.25) is 9.69 Å². The fraction of sp³-hybridized carbons (Fsp3) is 0.643. The minimum atomic E-state index is -0.575. The molecule has 1 aromatic heterocycles. The fourth-order valence-electron chi connectivity index (χ4n) is 2.56. The van der Waals surface area contributed by atoms with E-state index in [-0.39, 0.29) is 5.91 Å². The number of carbonyl (C=O) groups excluding carboxylic acids is 1. The first-order chi connectivity index (χ1) is 9.02. The van der Waals surface area contributed by atoms with E-state index < -0.39 is 5.60 Å². The van der Waals surface area contributed by atoms with E-state index in [1.54, 1.807) is 18.2 Å². The lowest BCUT2D eigenvalue weighted by atomic mass is 9.89. The zero-order valence-electron chi connectivity index (χ0n) is 11.6. The topological polar surface area (TPSA) is 56.9 Å². The van der Waals surface area contributed by atoms with Crippen LogP contribution in [0.25, 0.3) is 0 Å². The summed E-state index contributed by atoms with van der Waals surface area (Å²) >= 11 is 0. The average molecular weight is 266 g/mol. The predicted octanol–water partition coefficient (Wildman–Crippen LogP) is 1.08. The summed E-state index contributed by atoms with van der Waals surface area (Å²) in [7, 11) is 1.77. The third kappa shape index (κ3) is 3.58. The van der Waals surface area contributed by atoms with Gasteiger partial charge >= 0.3 is 0 Å². The molecular formula is C14H22N2O3. The van der Waals surface area contributed by atoms with Crippen LogP contribution in [0.5, 0.6) is 0 Å². The first-order valence-corrected chi connectivity index (χ1v) is 6.73. The molecule has 0 unspecified atom stereocenters. The van der Waals surface area contributed by atoms with Gasteiger partial charge in [0.2, 0.25) is 5.91 Å². The van der Waals surface area contributed by atoms with Crippen molar-refractivity contribution in [3.05, 3.63) is 24.2 Å². The molecule has 1 saturated heterocycles. The zero-order valence-corrected chi connectivity index (χ0v) is 11.6. The van der Waals surface area contributed by atoms with E-state index in [2.05, 4.69) is 6.92 Å². The second-order valence-corrected chi connectivity index (χ2v) is 5.45. The van der Waals surface area contributed by atoms with Crippen molar-refractivity contribution in [3.63, 3.8) is 0 Å². The van der Waals surface area contributed by atoms with Crippen LogP contribution in [0.2, 0.25) is 0 Å². The van der Waals surface area contributed by atoms with Gasteiger partial charge in [-0.05, 0) is 18.6 Å². The molecule has 1 amide bonds. The molecule has 0 aromatic carbocycles. The minimum absolute atomic E-state index is 0.0509. The van der Waals surface area contributed by atoms with Crippen LogP contribution in [-0.2, 0) is 11.3 Å². The van der Waals surface area contributed by atoms with Crippen molar-refractivity contribution in [1.29, 1.82) is 0 Å². The van der Waals surface area contributed by atoms with Crippen molar-refractivity contribution in [3.8, 4) is 0 Å². The van der Waals surface area contributed by atoms with Crippen LogP contribution < -0.4 is 0 Å². The Bertz CT molecular complexity index is 410. The normalized spacial score (nSPS) is 18.1. The standard InChI is InChI=1S/C14H22N2O3/c1-3-6-14(18)10-16(11-14)9-13(17)15(2)8-12-5-4-7-19-12/h4-5,7,18H,3,6,8-11H2,1-2H3. The smallest absolute Gasteiger partial charge is 0.236 e. The number of rotatable bonds is 6. The van der Waals surface area contributed by atoms with E-state index in [1.165, 1.54) is 0 Å². The van der Waals surface area contributed by atoms with E-state index in [1.807, 2.05) is 17.0 Å². The first-order valence-electron chi connectivity index (χ1n) is 6.73. The SMILES string of the molecule is CCCC1(O)CN(CC(=O)N(C)Cc2ccco2)C1. The largest absolute Gasteiger partial charge is 0.467 e. The van der Waals surface area contributed by atoms with Crippen molar-refractivity contribution < 1.29 is 14.3 Å². The molecule has 0 radical (unpaired) electrons. The molecule has 1 aromatic rings. The second-order valence-electron chi connectivity index (χ2n) is 5.45. The third-order valence-electron chi connectivity index (χ3n) is 3.51. The number of hydrogen-bond donors (Lipinski definition) is 1. The molecule has 19 heavy (non-hydrogen) atoms. The van der Waals surface area contributed by atoms with Gasteiger partial charge in [-0.2, -0.15) is 0 Å². The highest BCUT2D eigenvalue weighted by Gasteiger charge is 2.40. The molecule has 0 atom stereocenters. The molecule has 1 N–H and O–H groups in total. The Labute approximate surface area is 113 Å². The van der Waals surface area contributed by atoms with Gasteiger partial charge in [0, 0.05) is 20.1 Å². The Balaban J connectivity index is 1.73. The summed E-state index contributed by atoms with van der Waals surface area (Å²) in [5.74, 6) is 0.830. The van der Waals surface area contributed by atoms with Crippen LogP contribution in [0.3, 0.4) is 0 Å². The van der Waals surface area contributed by atoms with Crippen LogP contribution in [0.1, 0.15) is 25.5 Å². The van der Waals surface area contributed by atoms with E-state index in [9.17, 15) is 9.90 Å². The van der Waals surface area contributed by atoms with Crippen LogP contribution in [-0.4, -0.2) is 53.1 Å². The molecule has 2 rings (SSSR count). The molecule has 1 aliphatic heterocycles. The van der Waals surface area contributed by atoms with Crippen molar-refractivity contribution in [2.75, 3.05) is 26.7 Å². The summed E-state index contributed by atoms with van der Waals surface area (Å²) in [4.78, 5) is 15.6. The number of likely N-dealkylation sites (tertiary alicyclic amines) is 1. The summed E-state index contributed by atoms with van der Waals surface area (Å²) < 4.78 is 5.22. The highest BCUT2D eigenvalue weighted by molar-refractivity contribution is 5.78. The minimum Gasteiger partial charge on any atom is -0.467 e. The van der Waals surface area contributed by atoms with Crippen LogP contribution in [0.15, 0.2) is 22.8 Å². The molecular weight excluding hydrogens is 244 g/mol. The molecule has 106 valence electrons. The summed E-state index contributed by atoms with van der Waals surface area (Å²) in [6.45, 7) is 4.10. The molecule has 1 fully saturated rings. The Morgan fingerprint density at radius 3 is 2.89 bits per heavy atom. The lowest BCUT2D eigenvalue weighted by Gasteiger charge is -2.46. The van der Waals surface area contributed by atoms with E-state index in [0.29, 0.717) is 26.2 Å². The van der Waals surface area contributed by atoms with Crippen LogP contribution >= 0.6 is 0 Å². The average Bonchev–Trinajstić information content (AvgIpc) is 2.80. The summed E-state index contributed by atoms with van der Waals surface area (Å²) in [6, 6.07) is 3.67. The quantitative estimate of drug-likeness (QED) is 0.837. The number of amides is 1. The molecule has 0 saturated carbocycles. The highest BCUT2D eigenvalue weighted by Crippen LogP contribution is 2.25. The molecule has 5 nitrogen and oxygen atoms in total. The third-order valence-corrected chi connectivity index (χ3v) is 3.51. The Morgan fingerprint density at radius 2 is 2.32 bits per heavy atom. The number of likely N-dealkylation sites (N-methyl/N-ethyl adjacent to an activating group) is 1. The zero-order chi connectivity index (χ0) is 13.9. The molecule has 5 heteroatoms. The van der Waals surface area contributed by atoms with Gasteiger partial charge in [-0.15, -0.1) is 0 Å².